The SMILES string of the molecule is COCC(=O)Nc1ncc(O)cc1C(=O)c1ccc(Cl)cc1. The summed E-state index contributed by atoms with van der Waals surface area (Å²) < 4.78 is 4.71. The quantitative estimate of drug-likeness (QED) is 0.825. The lowest BCUT2D eigenvalue weighted by Gasteiger charge is -2.10. The van der Waals surface area contributed by atoms with Crippen molar-refractivity contribution in [2.24, 2.45) is 0 Å². The van der Waals surface area contributed by atoms with E-state index in [4.69, 9.17) is 16.3 Å². The summed E-state index contributed by atoms with van der Waals surface area (Å²) in [6.07, 6.45) is 1.14. The highest BCUT2D eigenvalue weighted by atomic mass is 35.5. The normalized spacial score (nSPS) is 10.3. The molecular weight excluding hydrogens is 308 g/mol. The molecule has 0 aliphatic heterocycles. The molecule has 2 rings (SSSR count). The molecule has 0 bridgehead atoms. The van der Waals surface area contributed by atoms with Gasteiger partial charge in [-0.1, -0.05) is 11.6 Å². The van der Waals surface area contributed by atoms with Crippen LogP contribution in [0.25, 0.3) is 0 Å². The topological polar surface area (TPSA) is 88.5 Å². The van der Waals surface area contributed by atoms with Gasteiger partial charge in [-0.3, -0.25) is 9.59 Å². The van der Waals surface area contributed by atoms with Crippen LogP contribution in [0.5, 0.6) is 5.75 Å². The summed E-state index contributed by atoms with van der Waals surface area (Å²) in [6.45, 7) is -0.170. The van der Waals surface area contributed by atoms with Gasteiger partial charge in [-0.25, -0.2) is 4.98 Å². The monoisotopic (exact) mass is 320 g/mol. The number of halogens is 1. The number of hydrogen-bond donors (Lipinski definition) is 2. The van der Waals surface area contributed by atoms with Gasteiger partial charge in [0, 0.05) is 17.7 Å². The molecule has 1 heterocycles. The van der Waals surface area contributed by atoms with Crippen LogP contribution in [0.3, 0.4) is 0 Å². The van der Waals surface area contributed by atoms with Gasteiger partial charge in [-0.2, -0.15) is 0 Å². The van der Waals surface area contributed by atoms with Gasteiger partial charge in [-0.05, 0) is 30.3 Å². The van der Waals surface area contributed by atoms with Crippen LogP contribution in [0.1, 0.15) is 15.9 Å². The number of pyridine rings is 1. The molecule has 0 atom stereocenters. The molecule has 22 heavy (non-hydrogen) atoms. The van der Waals surface area contributed by atoms with E-state index in [0.717, 1.165) is 6.20 Å². The van der Waals surface area contributed by atoms with Crippen molar-refractivity contribution in [2.45, 2.75) is 0 Å². The third kappa shape index (κ3) is 3.81. The molecule has 0 radical (unpaired) electrons. The third-order valence-corrected chi connectivity index (χ3v) is 3.01. The number of aromatic nitrogens is 1. The summed E-state index contributed by atoms with van der Waals surface area (Å²) in [5, 5.41) is 12.5. The second-order valence-electron chi connectivity index (χ2n) is 4.41. The third-order valence-electron chi connectivity index (χ3n) is 2.76. The first kappa shape index (κ1) is 15.9. The van der Waals surface area contributed by atoms with Crippen molar-refractivity contribution in [1.82, 2.24) is 4.98 Å². The Morgan fingerprint density at radius 2 is 2.00 bits per heavy atom. The molecule has 1 amide bonds. The van der Waals surface area contributed by atoms with Crippen LogP contribution >= 0.6 is 11.6 Å². The fourth-order valence-corrected chi connectivity index (χ4v) is 1.91. The van der Waals surface area contributed by atoms with E-state index in [-0.39, 0.29) is 23.7 Å². The maximum absolute atomic E-state index is 12.5. The minimum atomic E-state index is -0.453. The summed E-state index contributed by atoms with van der Waals surface area (Å²) >= 11 is 5.79. The number of amides is 1. The van der Waals surface area contributed by atoms with Crippen LogP contribution in [-0.4, -0.2) is 35.5 Å². The van der Waals surface area contributed by atoms with Crippen molar-refractivity contribution in [3.63, 3.8) is 0 Å². The van der Waals surface area contributed by atoms with Gasteiger partial charge in [0.2, 0.25) is 0 Å². The highest BCUT2D eigenvalue weighted by Crippen LogP contribution is 2.22. The molecule has 2 N–H and O–H groups in total. The van der Waals surface area contributed by atoms with E-state index in [1.54, 1.807) is 24.3 Å². The molecule has 1 aromatic heterocycles. The number of hydrogen-bond acceptors (Lipinski definition) is 5. The number of carbonyl (C=O) groups is 2. The molecule has 114 valence electrons. The highest BCUT2D eigenvalue weighted by Gasteiger charge is 2.17. The Hall–Kier alpha value is -2.44. The van der Waals surface area contributed by atoms with E-state index >= 15 is 0 Å². The summed E-state index contributed by atoms with van der Waals surface area (Å²) in [4.78, 5) is 28.0. The fourth-order valence-electron chi connectivity index (χ4n) is 1.78. The van der Waals surface area contributed by atoms with Crippen molar-refractivity contribution in [3.8, 4) is 5.75 Å². The Morgan fingerprint density at radius 3 is 2.64 bits per heavy atom. The molecule has 0 saturated carbocycles. The molecule has 0 aliphatic rings. The number of aromatic hydroxyl groups is 1. The van der Waals surface area contributed by atoms with Crippen LogP contribution in [-0.2, 0) is 9.53 Å². The van der Waals surface area contributed by atoms with Gasteiger partial charge in [0.05, 0.1) is 11.8 Å². The number of anilines is 1. The number of ether oxygens (including phenoxy) is 1. The average molecular weight is 321 g/mol. The molecule has 0 saturated heterocycles. The number of nitrogens with zero attached hydrogens (tertiary/aromatic N) is 1. The molecule has 6 nitrogen and oxygen atoms in total. The number of benzene rings is 1. The predicted molar refractivity (Wildman–Crippen MR) is 81.3 cm³/mol. The van der Waals surface area contributed by atoms with E-state index in [2.05, 4.69) is 10.3 Å². The van der Waals surface area contributed by atoms with Crippen molar-refractivity contribution in [1.29, 1.82) is 0 Å². The standard InChI is InChI=1S/C15H13ClN2O4/c1-22-8-13(20)18-15-12(6-11(19)7-17-15)14(21)9-2-4-10(16)5-3-9/h2-7,19H,8H2,1H3,(H,17,18,20). The van der Waals surface area contributed by atoms with Gasteiger partial charge in [0.1, 0.15) is 18.2 Å². The highest BCUT2D eigenvalue weighted by molar-refractivity contribution is 6.30. The number of nitrogens with one attached hydrogen (secondary N) is 1. The lowest BCUT2D eigenvalue weighted by Crippen LogP contribution is -2.20. The Labute approximate surface area is 131 Å². The maximum Gasteiger partial charge on any atom is 0.251 e. The molecule has 1 aromatic carbocycles. The van der Waals surface area contributed by atoms with Crippen LogP contribution in [0.4, 0.5) is 5.82 Å². The predicted octanol–water partition coefficient (Wildman–Crippen LogP) is 2.26. The molecule has 0 spiro atoms. The molecule has 0 fully saturated rings. The van der Waals surface area contributed by atoms with Crippen molar-refractivity contribution < 1.29 is 19.4 Å². The number of methoxy groups -OCH3 is 1. The summed E-state index contributed by atoms with van der Waals surface area (Å²) in [5.41, 5.74) is 0.436. The first-order valence-corrected chi connectivity index (χ1v) is 6.67. The zero-order valence-electron chi connectivity index (χ0n) is 11.7. The van der Waals surface area contributed by atoms with Gasteiger partial charge < -0.3 is 15.2 Å². The van der Waals surface area contributed by atoms with Crippen molar-refractivity contribution in [2.75, 3.05) is 19.0 Å². The number of rotatable bonds is 5. The fraction of sp³-hybridized carbons (Fsp3) is 0.133. The van der Waals surface area contributed by atoms with Gasteiger partial charge in [0.15, 0.2) is 5.78 Å². The molecule has 0 aliphatic carbocycles. The lowest BCUT2D eigenvalue weighted by atomic mass is 10.0. The average Bonchev–Trinajstić information content (AvgIpc) is 2.49. The first-order chi connectivity index (χ1) is 10.5. The Bertz CT molecular complexity index is 701. The largest absolute Gasteiger partial charge is 0.506 e. The molecule has 0 unspecified atom stereocenters. The maximum atomic E-state index is 12.5. The van der Waals surface area contributed by atoms with Crippen LogP contribution in [0.2, 0.25) is 5.02 Å². The second-order valence-corrected chi connectivity index (χ2v) is 4.84. The molecular formula is C15H13ClN2O4. The van der Waals surface area contributed by atoms with E-state index in [1.165, 1.54) is 13.2 Å². The number of ketones is 1. The Balaban J connectivity index is 2.36. The van der Waals surface area contributed by atoms with E-state index in [1.807, 2.05) is 0 Å². The number of carbonyl (C=O) groups excluding carboxylic acids is 2. The van der Waals surface area contributed by atoms with Crippen LogP contribution in [0, 0.1) is 0 Å². The first-order valence-electron chi connectivity index (χ1n) is 6.29. The minimum Gasteiger partial charge on any atom is -0.506 e. The van der Waals surface area contributed by atoms with Crippen molar-refractivity contribution in [3.05, 3.63) is 52.7 Å². The second kappa shape index (κ2) is 7.02. The van der Waals surface area contributed by atoms with Crippen LogP contribution in [0.15, 0.2) is 36.5 Å². The zero-order valence-corrected chi connectivity index (χ0v) is 12.4. The smallest absolute Gasteiger partial charge is 0.251 e. The Morgan fingerprint density at radius 1 is 1.32 bits per heavy atom. The minimum absolute atomic E-state index is 0.0554. The van der Waals surface area contributed by atoms with Gasteiger partial charge >= 0.3 is 0 Å². The summed E-state index contributed by atoms with van der Waals surface area (Å²) in [5.74, 6) is -0.972. The Kier molecular flexibility index (Phi) is 5.08. The van der Waals surface area contributed by atoms with Crippen LogP contribution < -0.4 is 5.32 Å². The van der Waals surface area contributed by atoms with Crippen molar-refractivity contribution >= 4 is 29.1 Å². The molecule has 7 heteroatoms. The summed E-state index contributed by atoms with van der Waals surface area (Å²) in [6, 6.07) is 7.50. The van der Waals surface area contributed by atoms with Gasteiger partial charge in [-0.15, -0.1) is 0 Å². The van der Waals surface area contributed by atoms with E-state index in [9.17, 15) is 14.7 Å². The molecule has 2 aromatic rings. The van der Waals surface area contributed by atoms with E-state index < -0.39 is 11.7 Å². The van der Waals surface area contributed by atoms with Gasteiger partial charge in [0.25, 0.3) is 5.91 Å². The zero-order chi connectivity index (χ0) is 16.1. The van der Waals surface area contributed by atoms with E-state index in [0.29, 0.717) is 10.6 Å². The lowest BCUT2D eigenvalue weighted by molar-refractivity contribution is -0.119. The summed E-state index contributed by atoms with van der Waals surface area (Å²) in [7, 11) is 1.38.